The number of H-pyrrole nitrogens is 1. The highest BCUT2D eigenvalue weighted by Gasteiger charge is 2.07. The van der Waals surface area contributed by atoms with Crippen LogP contribution >= 0.6 is 0 Å². The Morgan fingerprint density at radius 3 is 2.44 bits per heavy atom. The van der Waals surface area contributed by atoms with E-state index in [4.69, 9.17) is 10.5 Å². The Balaban J connectivity index is 1.53. The van der Waals surface area contributed by atoms with Crippen LogP contribution in [0.5, 0.6) is 5.75 Å². The fourth-order valence-electron chi connectivity index (χ4n) is 2.51. The van der Waals surface area contributed by atoms with E-state index in [0.717, 1.165) is 5.56 Å². The van der Waals surface area contributed by atoms with Gasteiger partial charge in [-0.2, -0.15) is 5.10 Å². The molecule has 3 rings (SSSR count). The third kappa shape index (κ3) is 4.92. The lowest BCUT2D eigenvalue weighted by atomic mass is 10.0. The molecule has 0 bridgehead atoms. The Morgan fingerprint density at radius 1 is 1.15 bits per heavy atom. The first kappa shape index (κ1) is 18.6. The summed E-state index contributed by atoms with van der Waals surface area (Å²) in [5.74, 6) is 2.11. The van der Waals surface area contributed by atoms with Crippen LogP contribution in [0.2, 0.25) is 0 Å². The minimum absolute atomic E-state index is 0.0520. The molecule has 1 aromatic heterocycles. The molecule has 0 aliphatic rings. The van der Waals surface area contributed by atoms with Gasteiger partial charge < -0.3 is 15.8 Å². The van der Waals surface area contributed by atoms with Crippen LogP contribution in [-0.4, -0.2) is 27.7 Å². The van der Waals surface area contributed by atoms with Gasteiger partial charge >= 0.3 is 0 Å². The van der Waals surface area contributed by atoms with Crippen molar-refractivity contribution in [3.8, 4) is 17.1 Å². The Kier molecular flexibility index (Phi) is 5.83. The fraction of sp³-hybridized carbons (Fsp3) is 0.250. The summed E-state index contributed by atoms with van der Waals surface area (Å²) >= 11 is 0. The van der Waals surface area contributed by atoms with E-state index in [2.05, 4.69) is 34.3 Å². The molecular weight excluding hydrogens is 342 g/mol. The SMILES string of the molecule is CC(C)c1ccc(OCC(=O)Nc2ccc(-c3n[nH]c(CN)n3)cc2)cc1. The zero-order valence-corrected chi connectivity index (χ0v) is 15.4. The van der Waals surface area contributed by atoms with E-state index in [9.17, 15) is 4.79 Å². The van der Waals surface area contributed by atoms with E-state index >= 15 is 0 Å². The number of nitrogens with two attached hydrogens (primary N) is 1. The maximum absolute atomic E-state index is 12.1. The number of nitrogens with zero attached hydrogens (tertiary/aromatic N) is 2. The number of hydrogen-bond acceptors (Lipinski definition) is 5. The van der Waals surface area contributed by atoms with Crippen molar-refractivity contribution in [3.05, 3.63) is 59.9 Å². The lowest BCUT2D eigenvalue weighted by Crippen LogP contribution is -2.20. The molecule has 0 unspecified atom stereocenters. The minimum Gasteiger partial charge on any atom is -0.484 e. The third-order valence-electron chi connectivity index (χ3n) is 4.07. The number of hydrogen-bond donors (Lipinski definition) is 3. The number of nitrogens with one attached hydrogen (secondary N) is 2. The van der Waals surface area contributed by atoms with E-state index < -0.39 is 0 Å². The Hall–Kier alpha value is -3.19. The van der Waals surface area contributed by atoms with Crippen LogP contribution in [0.15, 0.2) is 48.5 Å². The normalized spacial score (nSPS) is 10.8. The lowest BCUT2D eigenvalue weighted by Gasteiger charge is -2.09. The maximum Gasteiger partial charge on any atom is 0.262 e. The molecule has 3 aromatic rings. The van der Waals surface area contributed by atoms with E-state index in [1.165, 1.54) is 5.56 Å². The topological polar surface area (TPSA) is 106 Å². The van der Waals surface area contributed by atoms with E-state index in [1.807, 2.05) is 36.4 Å². The second-order valence-corrected chi connectivity index (χ2v) is 6.45. The molecule has 7 nitrogen and oxygen atoms in total. The van der Waals surface area contributed by atoms with Crippen LogP contribution < -0.4 is 15.8 Å². The van der Waals surface area contributed by atoms with Gasteiger partial charge in [0.1, 0.15) is 11.6 Å². The molecule has 0 saturated heterocycles. The highest BCUT2D eigenvalue weighted by Crippen LogP contribution is 2.19. The molecule has 0 aliphatic carbocycles. The van der Waals surface area contributed by atoms with Gasteiger partial charge in [-0.15, -0.1) is 0 Å². The summed E-state index contributed by atoms with van der Waals surface area (Å²) in [7, 11) is 0. The average Bonchev–Trinajstić information content (AvgIpc) is 3.16. The monoisotopic (exact) mass is 365 g/mol. The highest BCUT2D eigenvalue weighted by molar-refractivity contribution is 5.92. The van der Waals surface area contributed by atoms with Crippen LogP contribution in [-0.2, 0) is 11.3 Å². The molecule has 27 heavy (non-hydrogen) atoms. The van der Waals surface area contributed by atoms with Crippen molar-refractivity contribution in [3.63, 3.8) is 0 Å². The molecule has 0 saturated carbocycles. The Labute approximate surface area is 158 Å². The van der Waals surface area contributed by atoms with Crippen LogP contribution in [0.3, 0.4) is 0 Å². The molecule has 0 atom stereocenters. The second kappa shape index (κ2) is 8.46. The fourth-order valence-corrected chi connectivity index (χ4v) is 2.51. The number of anilines is 1. The third-order valence-corrected chi connectivity index (χ3v) is 4.07. The lowest BCUT2D eigenvalue weighted by molar-refractivity contribution is -0.118. The number of aromatic nitrogens is 3. The standard InChI is InChI=1S/C20H23N5O2/c1-13(2)14-5-9-17(10-6-14)27-12-19(26)22-16-7-3-15(4-8-16)20-23-18(11-21)24-25-20/h3-10,13H,11-12,21H2,1-2H3,(H,22,26)(H,23,24,25). The molecule has 7 heteroatoms. The van der Waals surface area contributed by atoms with Gasteiger partial charge in [-0.3, -0.25) is 9.89 Å². The number of ether oxygens (including phenoxy) is 1. The first-order valence-electron chi connectivity index (χ1n) is 8.79. The molecular formula is C20H23N5O2. The summed E-state index contributed by atoms with van der Waals surface area (Å²) in [5, 5.41) is 9.68. The summed E-state index contributed by atoms with van der Waals surface area (Å²) in [6, 6.07) is 15.0. The van der Waals surface area contributed by atoms with E-state index in [-0.39, 0.29) is 12.5 Å². The number of carbonyl (C=O) groups is 1. The summed E-state index contributed by atoms with van der Waals surface area (Å²) < 4.78 is 5.53. The maximum atomic E-state index is 12.1. The first-order valence-corrected chi connectivity index (χ1v) is 8.79. The summed E-state index contributed by atoms with van der Waals surface area (Å²) in [6.07, 6.45) is 0. The van der Waals surface area contributed by atoms with Crippen LogP contribution in [0.1, 0.15) is 31.2 Å². The molecule has 2 aromatic carbocycles. The predicted octanol–water partition coefficient (Wildman–Crippen LogP) is 3.07. The number of benzene rings is 2. The quantitative estimate of drug-likeness (QED) is 0.597. The average molecular weight is 365 g/mol. The van der Waals surface area contributed by atoms with Gasteiger partial charge in [0, 0.05) is 11.3 Å². The summed E-state index contributed by atoms with van der Waals surface area (Å²) in [5.41, 5.74) is 8.27. The van der Waals surface area contributed by atoms with Crippen molar-refractivity contribution in [1.29, 1.82) is 0 Å². The van der Waals surface area contributed by atoms with Gasteiger partial charge in [-0.1, -0.05) is 26.0 Å². The smallest absolute Gasteiger partial charge is 0.262 e. The zero-order chi connectivity index (χ0) is 19.2. The summed E-state index contributed by atoms with van der Waals surface area (Å²) in [6.45, 7) is 4.52. The van der Waals surface area contributed by atoms with Crippen molar-refractivity contribution in [1.82, 2.24) is 15.2 Å². The van der Waals surface area contributed by atoms with Crippen molar-refractivity contribution in [2.24, 2.45) is 5.73 Å². The van der Waals surface area contributed by atoms with Crippen molar-refractivity contribution in [2.75, 3.05) is 11.9 Å². The van der Waals surface area contributed by atoms with Gasteiger partial charge in [0.25, 0.3) is 5.91 Å². The predicted molar refractivity (Wildman–Crippen MR) is 104 cm³/mol. The number of carbonyl (C=O) groups excluding carboxylic acids is 1. The minimum atomic E-state index is -0.223. The largest absolute Gasteiger partial charge is 0.484 e. The van der Waals surface area contributed by atoms with Crippen LogP contribution in [0.25, 0.3) is 11.4 Å². The molecule has 1 amide bonds. The van der Waals surface area contributed by atoms with Crippen molar-refractivity contribution < 1.29 is 9.53 Å². The van der Waals surface area contributed by atoms with Gasteiger partial charge in [0.15, 0.2) is 12.4 Å². The zero-order valence-electron chi connectivity index (χ0n) is 15.4. The Morgan fingerprint density at radius 2 is 1.85 bits per heavy atom. The van der Waals surface area contributed by atoms with Crippen molar-refractivity contribution in [2.45, 2.75) is 26.3 Å². The first-order chi connectivity index (χ1) is 13.0. The van der Waals surface area contributed by atoms with Gasteiger partial charge in [-0.05, 0) is 47.9 Å². The number of rotatable bonds is 7. The highest BCUT2D eigenvalue weighted by atomic mass is 16.5. The van der Waals surface area contributed by atoms with Gasteiger partial charge in [0.05, 0.1) is 6.54 Å². The molecule has 1 heterocycles. The second-order valence-electron chi connectivity index (χ2n) is 6.45. The van der Waals surface area contributed by atoms with Crippen LogP contribution in [0.4, 0.5) is 5.69 Å². The van der Waals surface area contributed by atoms with Crippen molar-refractivity contribution >= 4 is 11.6 Å². The van der Waals surface area contributed by atoms with E-state index in [0.29, 0.717) is 35.5 Å². The van der Waals surface area contributed by atoms with E-state index in [1.54, 1.807) is 12.1 Å². The molecule has 4 N–H and O–H groups in total. The molecule has 0 fully saturated rings. The number of amides is 1. The summed E-state index contributed by atoms with van der Waals surface area (Å²) in [4.78, 5) is 16.3. The molecule has 0 spiro atoms. The molecule has 0 aliphatic heterocycles. The number of aromatic amines is 1. The van der Waals surface area contributed by atoms with Crippen LogP contribution in [0, 0.1) is 0 Å². The molecule has 140 valence electrons. The Bertz CT molecular complexity index is 885. The molecule has 0 radical (unpaired) electrons. The van der Waals surface area contributed by atoms with Gasteiger partial charge in [-0.25, -0.2) is 4.98 Å². The van der Waals surface area contributed by atoms with Gasteiger partial charge in [0.2, 0.25) is 0 Å².